The quantitative estimate of drug-likeness (QED) is 0.803. The maximum Gasteiger partial charge on any atom is 0.136 e. The standard InChI is InChI=1S/C19H24O/c20-19(12-18-10-13-5-6-16(18)9-13)17-8-7-14-3-1-2-4-15(14)11-17/h1-4,13,16-18H,5-12H2. The lowest BCUT2D eigenvalue weighted by Crippen LogP contribution is -2.26. The number of carbonyl (C=O) groups excluding carboxylic acids is 1. The molecule has 2 bridgehead atoms. The van der Waals surface area contributed by atoms with Crippen LogP contribution in [0.5, 0.6) is 0 Å². The number of carbonyl (C=O) groups is 1. The lowest BCUT2D eigenvalue weighted by atomic mass is 9.77. The zero-order chi connectivity index (χ0) is 13.5. The van der Waals surface area contributed by atoms with Crippen molar-refractivity contribution < 1.29 is 4.79 Å². The van der Waals surface area contributed by atoms with Crippen LogP contribution in [-0.4, -0.2) is 5.78 Å². The summed E-state index contributed by atoms with van der Waals surface area (Å²) in [6.07, 6.45) is 9.66. The van der Waals surface area contributed by atoms with Crippen LogP contribution in [0.25, 0.3) is 0 Å². The van der Waals surface area contributed by atoms with E-state index in [1.807, 2.05) is 0 Å². The van der Waals surface area contributed by atoms with Gasteiger partial charge in [0.05, 0.1) is 0 Å². The molecule has 0 radical (unpaired) electrons. The van der Waals surface area contributed by atoms with Gasteiger partial charge in [0.25, 0.3) is 0 Å². The van der Waals surface area contributed by atoms with Crippen molar-refractivity contribution in [3.8, 4) is 0 Å². The van der Waals surface area contributed by atoms with Crippen LogP contribution < -0.4 is 0 Å². The van der Waals surface area contributed by atoms with Crippen LogP contribution in [0.15, 0.2) is 24.3 Å². The predicted octanol–water partition coefficient (Wildman–Crippen LogP) is 4.19. The van der Waals surface area contributed by atoms with Gasteiger partial charge < -0.3 is 0 Å². The van der Waals surface area contributed by atoms with E-state index in [2.05, 4.69) is 24.3 Å². The first kappa shape index (κ1) is 12.6. The number of benzene rings is 1. The molecule has 2 fully saturated rings. The molecule has 3 aliphatic rings. The average molecular weight is 268 g/mol. The van der Waals surface area contributed by atoms with Crippen LogP contribution in [0.2, 0.25) is 0 Å². The summed E-state index contributed by atoms with van der Waals surface area (Å²) < 4.78 is 0. The van der Waals surface area contributed by atoms with E-state index in [9.17, 15) is 4.79 Å². The molecule has 0 saturated heterocycles. The Kier molecular flexibility index (Phi) is 3.17. The minimum Gasteiger partial charge on any atom is -0.299 e. The van der Waals surface area contributed by atoms with Gasteiger partial charge in [-0.3, -0.25) is 4.79 Å². The van der Waals surface area contributed by atoms with Gasteiger partial charge in [0.1, 0.15) is 5.78 Å². The lowest BCUT2D eigenvalue weighted by molar-refractivity contribution is -0.124. The largest absolute Gasteiger partial charge is 0.299 e. The molecule has 1 nitrogen and oxygen atoms in total. The number of hydrogen-bond acceptors (Lipinski definition) is 1. The minimum atomic E-state index is 0.309. The zero-order valence-electron chi connectivity index (χ0n) is 12.2. The fourth-order valence-electron chi connectivity index (χ4n) is 5.02. The summed E-state index contributed by atoms with van der Waals surface area (Å²) in [6, 6.07) is 8.68. The van der Waals surface area contributed by atoms with Crippen molar-refractivity contribution in [1.29, 1.82) is 0 Å². The predicted molar refractivity (Wildman–Crippen MR) is 80.5 cm³/mol. The van der Waals surface area contributed by atoms with E-state index < -0.39 is 0 Å². The molecule has 1 heteroatoms. The van der Waals surface area contributed by atoms with Crippen LogP contribution in [0, 0.1) is 23.7 Å². The molecule has 3 aliphatic carbocycles. The highest BCUT2D eigenvalue weighted by molar-refractivity contribution is 5.82. The average Bonchev–Trinajstić information content (AvgIpc) is 3.09. The van der Waals surface area contributed by atoms with Gasteiger partial charge in [0.2, 0.25) is 0 Å². The molecule has 20 heavy (non-hydrogen) atoms. The maximum atomic E-state index is 12.6. The molecule has 0 aliphatic heterocycles. The number of Topliss-reactive ketones (excluding diaryl/α,β-unsaturated/α-hetero) is 1. The van der Waals surface area contributed by atoms with Gasteiger partial charge in [0, 0.05) is 12.3 Å². The first-order chi connectivity index (χ1) is 9.79. The molecule has 0 N–H and O–H groups in total. The lowest BCUT2D eigenvalue weighted by Gasteiger charge is -2.27. The third-order valence-electron chi connectivity index (χ3n) is 6.15. The smallest absolute Gasteiger partial charge is 0.136 e. The Morgan fingerprint density at radius 1 is 1.05 bits per heavy atom. The molecule has 106 valence electrons. The summed E-state index contributed by atoms with van der Waals surface area (Å²) in [4.78, 5) is 12.6. The second-order valence-corrected chi connectivity index (χ2v) is 7.31. The molecule has 2 saturated carbocycles. The highest BCUT2D eigenvalue weighted by Gasteiger charge is 2.40. The second kappa shape index (κ2) is 5.02. The van der Waals surface area contributed by atoms with E-state index in [1.165, 1.54) is 36.8 Å². The Hall–Kier alpha value is -1.11. The van der Waals surface area contributed by atoms with Gasteiger partial charge in [-0.15, -0.1) is 0 Å². The van der Waals surface area contributed by atoms with Gasteiger partial charge in [-0.2, -0.15) is 0 Å². The number of rotatable bonds is 3. The van der Waals surface area contributed by atoms with Crippen molar-refractivity contribution in [2.45, 2.75) is 51.4 Å². The van der Waals surface area contributed by atoms with Gasteiger partial charge in [-0.05, 0) is 67.4 Å². The van der Waals surface area contributed by atoms with E-state index in [-0.39, 0.29) is 0 Å². The molecule has 1 aromatic carbocycles. The summed E-state index contributed by atoms with van der Waals surface area (Å²) in [5.74, 6) is 3.46. The minimum absolute atomic E-state index is 0.309. The molecular formula is C19H24O. The highest BCUT2D eigenvalue weighted by atomic mass is 16.1. The Labute approximate surface area is 121 Å². The topological polar surface area (TPSA) is 17.1 Å². The van der Waals surface area contributed by atoms with Gasteiger partial charge in [-0.1, -0.05) is 30.7 Å². The Morgan fingerprint density at radius 3 is 2.65 bits per heavy atom. The molecule has 0 amide bonds. The van der Waals surface area contributed by atoms with Crippen LogP contribution >= 0.6 is 0 Å². The van der Waals surface area contributed by atoms with E-state index in [1.54, 1.807) is 0 Å². The second-order valence-electron chi connectivity index (χ2n) is 7.31. The van der Waals surface area contributed by atoms with Crippen molar-refractivity contribution >= 4 is 5.78 Å². The zero-order valence-corrected chi connectivity index (χ0v) is 12.2. The van der Waals surface area contributed by atoms with Gasteiger partial charge >= 0.3 is 0 Å². The van der Waals surface area contributed by atoms with Crippen LogP contribution in [0.1, 0.15) is 49.7 Å². The SMILES string of the molecule is O=C(CC1CC2CCC1C2)C1CCc2ccccc2C1. The molecule has 0 heterocycles. The van der Waals surface area contributed by atoms with E-state index in [4.69, 9.17) is 0 Å². The van der Waals surface area contributed by atoms with Crippen molar-refractivity contribution in [1.82, 2.24) is 0 Å². The fraction of sp³-hybridized carbons (Fsp3) is 0.632. The van der Waals surface area contributed by atoms with Crippen LogP contribution in [0.3, 0.4) is 0 Å². The number of fused-ring (bicyclic) bond motifs is 3. The Balaban J connectivity index is 1.40. The number of ketones is 1. The van der Waals surface area contributed by atoms with Crippen molar-refractivity contribution in [3.63, 3.8) is 0 Å². The van der Waals surface area contributed by atoms with Crippen LogP contribution in [0.4, 0.5) is 0 Å². The van der Waals surface area contributed by atoms with E-state index in [0.717, 1.165) is 43.4 Å². The monoisotopic (exact) mass is 268 g/mol. The summed E-state index contributed by atoms with van der Waals surface area (Å²) in [5.41, 5.74) is 2.89. The molecule has 4 rings (SSSR count). The van der Waals surface area contributed by atoms with Gasteiger partial charge in [0.15, 0.2) is 0 Å². The molecule has 0 aromatic heterocycles. The first-order valence-electron chi connectivity index (χ1n) is 8.39. The fourth-order valence-corrected chi connectivity index (χ4v) is 5.02. The van der Waals surface area contributed by atoms with E-state index >= 15 is 0 Å². The summed E-state index contributed by atoms with van der Waals surface area (Å²) in [5, 5.41) is 0. The van der Waals surface area contributed by atoms with Gasteiger partial charge in [-0.25, -0.2) is 0 Å². The normalized spacial score (nSPS) is 35.0. The third kappa shape index (κ3) is 2.21. The molecular weight excluding hydrogens is 244 g/mol. The molecule has 0 spiro atoms. The Bertz CT molecular complexity index is 518. The third-order valence-corrected chi connectivity index (χ3v) is 6.15. The molecule has 4 unspecified atom stereocenters. The number of aryl methyl sites for hydroxylation is 1. The highest BCUT2D eigenvalue weighted by Crippen LogP contribution is 2.50. The summed E-state index contributed by atoms with van der Waals surface area (Å²) >= 11 is 0. The summed E-state index contributed by atoms with van der Waals surface area (Å²) in [6.45, 7) is 0. The number of hydrogen-bond donors (Lipinski definition) is 0. The van der Waals surface area contributed by atoms with Crippen molar-refractivity contribution in [2.75, 3.05) is 0 Å². The van der Waals surface area contributed by atoms with Crippen LogP contribution in [-0.2, 0) is 17.6 Å². The molecule has 4 atom stereocenters. The molecule has 1 aromatic rings. The Morgan fingerprint density at radius 2 is 1.90 bits per heavy atom. The first-order valence-corrected chi connectivity index (χ1v) is 8.39. The maximum absolute atomic E-state index is 12.6. The van der Waals surface area contributed by atoms with Crippen molar-refractivity contribution in [3.05, 3.63) is 35.4 Å². The summed E-state index contributed by atoms with van der Waals surface area (Å²) in [7, 11) is 0. The van der Waals surface area contributed by atoms with E-state index in [0.29, 0.717) is 11.7 Å². The van der Waals surface area contributed by atoms with Crippen molar-refractivity contribution in [2.24, 2.45) is 23.7 Å².